The van der Waals surface area contributed by atoms with E-state index < -0.39 is 24.2 Å². The third kappa shape index (κ3) is 5.17. The van der Waals surface area contributed by atoms with Gasteiger partial charge in [0.15, 0.2) is 0 Å². The van der Waals surface area contributed by atoms with Gasteiger partial charge in [0, 0.05) is 25.4 Å². The Morgan fingerprint density at radius 1 is 1.00 bits per heavy atom. The Kier molecular flexibility index (Phi) is 6.93. The van der Waals surface area contributed by atoms with Crippen molar-refractivity contribution in [3.8, 4) is 11.1 Å². The third-order valence-electron chi connectivity index (χ3n) is 6.36. The van der Waals surface area contributed by atoms with Gasteiger partial charge in [-0.3, -0.25) is 9.59 Å². The molecule has 2 amide bonds. The predicted octanol–water partition coefficient (Wildman–Crippen LogP) is 2.74. The first-order valence-corrected chi connectivity index (χ1v) is 11.2. The van der Waals surface area contributed by atoms with Crippen molar-refractivity contribution in [1.82, 2.24) is 10.2 Å². The lowest BCUT2D eigenvalue weighted by molar-refractivity contribution is -0.138. The van der Waals surface area contributed by atoms with Gasteiger partial charge in [-0.05, 0) is 41.5 Å². The number of benzene rings is 2. The Hall–Kier alpha value is -3.39. The van der Waals surface area contributed by atoms with Crippen LogP contribution in [0, 0.1) is 0 Å². The summed E-state index contributed by atoms with van der Waals surface area (Å²) in [4.78, 5) is 38.2. The van der Waals surface area contributed by atoms with Crippen molar-refractivity contribution in [3.63, 3.8) is 0 Å². The molecular formula is C25H28N2O6. The number of fused-ring (bicyclic) bond motifs is 3. The van der Waals surface area contributed by atoms with Crippen LogP contribution in [0.5, 0.6) is 0 Å². The Morgan fingerprint density at radius 3 is 2.15 bits per heavy atom. The number of rotatable bonds is 7. The number of ether oxygens (including phenoxy) is 1. The van der Waals surface area contributed by atoms with Crippen LogP contribution >= 0.6 is 0 Å². The second-order valence-corrected chi connectivity index (χ2v) is 8.51. The number of hydrogen-bond donors (Lipinski definition) is 3. The van der Waals surface area contributed by atoms with E-state index in [4.69, 9.17) is 9.84 Å². The first-order chi connectivity index (χ1) is 15.9. The quantitative estimate of drug-likeness (QED) is 0.595. The zero-order chi connectivity index (χ0) is 23.4. The summed E-state index contributed by atoms with van der Waals surface area (Å²) in [5.74, 6) is -1.51. The average Bonchev–Trinajstić information content (AvgIpc) is 3.14. The highest BCUT2D eigenvalue weighted by atomic mass is 16.5. The summed E-state index contributed by atoms with van der Waals surface area (Å²) in [5, 5.41) is 21.3. The molecule has 3 N–H and O–H groups in total. The van der Waals surface area contributed by atoms with Crippen LogP contribution in [0.4, 0.5) is 4.79 Å². The van der Waals surface area contributed by atoms with Crippen LogP contribution in [-0.4, -0.2) is 64.9 Å². The van der Waals surface area contributed by atoms with E-state index in [1.165, 1.54) is 0 Å². The summed E-state index contributed by atoms with van der Waals surface area (Å²) in [6.07, 6.45) is -0.558. The van der Waals surface area contributed by atoms with Gasteiger partial charge in [-0.25, -0.2) is 4.79 Å². The number of amides is 2. The monoisotopic (exact) mass is 452 g/mol. The number of aliphatic hydroxyl groups is 1. The van der Waals surface area contributed by atoms with Gasteiger partial charge in [0.05, 0.1) is 6.10 Å². The Balaban J connectivity index is 1.41. The van der Waals surface area contributed by atoms with Gasteiger partial charge in [-0.15, -0.1) is 0 Å². The van der Waals surface area contributed by atoms with Crippen molar-refractivity contribution in [2.45, 2.75) is 43.7 Å². The Labute approximate surface area is 192 Å². The highest BCUT2D eigenvalue weighted by Gasteiger charge is 2.32. The van der Waals surface area contributed by atoms with Gasteiger partial charge in [-0.2, -0.15) is 0 Å². The van der Waals surface area contributed by atoms with Crippen LogP contribution in [-0.2, 0) is 14.3 Å². The molecule has 0 saturated carbocycles. The van der Waals surface area contributed by atoms with Crippen LogP contribution in [0.2, 0.25) is 0 Å². The molecular weight excluding hydrogens is 424 g/mol. The van der Waals surface area contributed by atoms with Gasteiger partial charge in [0.25, 0.3) is 0 Å². The lowest BCUT2D eigenvalue weighted by atomic mass is 9.98. The Morgan fingerprint density at radius 2 is 1.58 bits per heavy atom. The number of carboxylic acid groups (broad SMARTS) is 1. The molecule has 1 fully saturated rings. The molecule has 1 aliphatic carbocycles. The molecule has 4 rings (SSSR count). The molecule has 2 aromatic carbocycles. The van der Waals surface area contributed by atoms with Gasteiger partial charge in [0.1, 0.15) is 12.6 Å². The Bertz CT molecular complexity index is 986. The zero-order valence-corrected chi connectivity index (χ0v) is 18.3. The van der Waals surface area contributed by atoms with Crippen molar-refractivity contribution in [3.05, 3.63) is 59.7 Å². The average molecular weight is 453 g/mol. The number of nitrogens with one attached hydrogen (secondary N) is 1. The van der Waals surface area contributed by atoms with Crippen molar-refractivity contribution in [1.29, 1.82) is 0 Å². The number of piperidine rings is 1. The largest absolute Gasteiger partial charge is 0.481 e. The topological polar surface area (TPSA) is 116 Å². The molecule has 8 nitrogen and oxygen atoms in total. The molecule has 1 saturated heterocycles. The zero-order valence-electron chi connectivity index (χ0n) is 18.3. The van der Waals surface area contributed by atoms with Gasteiger partial charge < -0.3 is 25.2 Å². The van der Waals surface area contributed by atoms with Gasteiger partial charge in [0.2, 0.25) is 5.91 Å². The van der Waals surface area contributed by atoms with E-state index >= 15 is 0 Å². The number of alkyl carbamates (subject to hydrolysis) is 1. The fourth-order valence-electron chi connectivity index (χ4n) is 4.61. The summed E-state index contributed by atoms with van der Waals surface area (Å²) >= 11 is 0. The fourth-order valence-corrected chi connectivity index (χ4v) is 4.61. The van der Waals surface area contributed by atoms with E-state index in [0.717, 1.165) is 22.3 Å². The predicted molar refractivity (Wildman–Crippen MR) is 121 cm³/mol. The number of nitrogens with zero attached hydrogens (tertiary/aromatic N) is 1. The summed E-state index contributed by atoms with van der Waals surface area (Å²) < 4.78 is 5.52. The molecule has 33 heavy (non-hydrogen) atoms. The van der Waals surface area contributed by atoms with Crippen molar-refractivity contribution >= 4 is 18.0 Å². The molecule has 0 bridgehead atoms. The molecule has 2 aliphatic rings. The summed E-state index contributed by atoms with van der Waals surface area (Å²) in [6, 6.07) is 15.0. The van der Waals surface area contributed by atoms with E-state index in [1.54, 1.807) is 4.90 Å². The number of aliphatic carboxylic acids is 1. The molecule has 0 aromatic heterocycles. The van der Waals surface area contributed by atoms with E-state index in [2.05, 4.69) is 5.32 Å². The highest BCUT2D eigenvalue weighted by Crippen LogP contribution is 2.44. The van der Waals surface area contributed by atoms with Crippen molar-refractivity contribution in [2.24, 2.45) is 0 Å². The van der Waals surface area contributed by atoms with Crippen molar-refractivity contribution in [2.75, 3.05) is 19.7 Å². The minimum atomic E-state index is -1.05. The SMILES string of the molecule is O=C(O)CCC(NC(=O)OCC1c2ccccc2-c2ccccc21)C(=O)N1CCC(O)CC1. The van der Waals surface area contributed by atoms with E-state index in [1.807, 2.05) is 48.5 Å². The first-order valence-electron chi connectivity index (χ1n) is 11.2. The number of hydrogen-bond acceptors (Lipinski definition) is 5. The molecule has 8 heteroatoms. The fraction of sp³-hybridized carbons (Fsp3) is 0.400. The van der Waals surface area contributed by atoms with Gasteiger partial charge >= 0.3 is 12.1 Å². The second kappa shape index (κ2) is 10.0. The van der Waals surface area contributed by atoms with Crippen LogP contribution in [0.15, 0.2) is 48.5 Å². The van der Waals surface area contributed by atoms with E-state index in [0.29, 0.717) is 25.9 Å². The summed E-state index contributed by atoms with van der Waals surface area (Å²) in [7, 11) is 0. The summed E-state index contributed by atoms with van der Waals surface area (Å²) in [5.41, 5.74) is 4.39. The minimum Gasteiger partial charge on any atom is -0.481 e. The van der Waals surface area contributed by atoms with Crippen molar-refractivity contribution < 1.29 is 29.3 Å². The number of aliphatic hydroxyl groups excluding tert-OH is 1. The van der Waals surface area contributed by atoms with E-state index in [-0.39, 0.29) is 31.3 Å². The minimum absolute atomic E-state index is 0.0303. The van der Waals surface area contributed by atoms with Crippen LogP contribution in [0.25, 0.3) is 11.1 Å². The lowest BCUT2D eigenvalue weighted by Crippen LogP contribution is -2.51. The first kappa shape index (κ1) is 22.8. The van der Waals surface area contributed by atoms with Crippen LogP contribution in [0.3, 0.4) is 0 Å². The normalized spacial score (nSPS) is 16.6. The number of likely N-dealkylation sites (tertiary alicyclic amines) is 1. The number of carboxylic acids is 1. The smallest absolute Gasteiger partial charge is 0.407 e. The number of carbonyl (C=O) groups is 3. The molecule has 2 aromatic rings. The molecule has 0 spiro atoms. The lowest BCUT2D eigenvalue weighted by Gasteiger charge is -2.32. The maximum absolute atomic E-state index is 12.9. The number of carbonyl (C=O) groups excluding carboxylic acids is 2. The summed E-state index contributed by atoms with van der Waals surface area (Å²) in [6.45, 7) is 0.849. The van der Waals surface area contributed by atoms with Gasteiger partial charge in [-0.1, -0.05) is 48.5 Å². The molecule has 1 aliphatic heterocycles. The molecule has 1 unspecified atom stereocenters. The highest BCUT2D eigenvalue weighted by molar-refractivity contribution is 5.86. The maximum Gasteiger partial charge on any atom is 0.407 e. The maximum atomic E-state index is 12.9. The molecule has 0 radical (unpaired) electrons. The van der Waals surface area contributed by atoms with E-state index in [9.17, 15) is 19.5 Å². The molecule has 1 heterocycles. The second-order valence-electron chi connectivity index (χ2n) is 8.51. The van der Waals surface area contributed by atoms with Crippen LogP contribution < -0.4 is 5.32 Å². The molecule has 174 valence electrons. The third-order valence-corrected chi connectivity index (χ3v) is 6.36. The van der Waals surface area contributed by atoms with Crippen LogP contribution in [0.1, 0.15) is 42.7 Å². The molecule has 1 atom stereocenters. The standard InChI is InChI=1S/C25H28N2O6/c28-16-11-13-27(14-12-16)24(31)22(9-10-23(29)30)26-25(32)33-15-21-19-7-3-1-5-17(19)18-6-2-4-8-20(18)21/h1-8,16,21-22,28H,9-15H2,(H,26,32)(H,29,30).